The van der Waals surface area contributed by atoms with Crippen LogP contribution >= 0.6 is 0 Å². The maximum atomic E-state index is 13.1. The maximum Gasteiger partial charge on any atom is 0.269 e. The summed E-state index contributed by atoms with van der Waals surface area (Å²) in [7, 11) is 0. The Balaban J connectivity index is 1.90. The van der Waals surface area contributed by atoms with Crippen molar-refractivity contribution in [2.24, 2.45) is 0 Å². The number of nitrogens with zero attached hydrogens (tertiary/aromatic N) is 4. The van der Waals surface area contributed by atoms with Gasteiger partial charge >= 0.3 is 0 Å². The van der Waals surface area contributed by atoms with Crippen molar-refractivity contribution in [3.63, 3.8) is 0 Å². The van der Waals surface area contributed by atoms with Crippen molar-refractivity contribution >= 4 is 17.3 Å². The molecule has 0 bridgehead atoms. The number of hydrogen-bond acceptors (Lipinski definition) is 4. The van der Waals surface area contributed by atoms with Gasteiger partial charge in [-0.3, -0.25) is 9.69 Å². The number of nitriles is 2. The molecule has 5 heteroatoms. The number of fused-ring (bicyclic) bond motifs is 3. The first-order chi connectivity index (χ1) is 13.2. The summed E-state index contributed by atoms with van der Waals surface area (Å²) in [5, 5.41) is 18.6. The molecular weight excluding hydrogens is 336 g/mol. The van der Waals surface area contributed by atoms with Crippen LogP contribution in [-0.4, -0.2) is 18.5 Å². The van der Waals surface area contributed by atoms with Gasteiger partial charge in [-0.25, -0.2) is 0 Å². The van der Waals surface area contributed by atoms with E-state index in [1.165, 1.54) is 0 Å². The molecule has 2 aliphatic heterocycles. The van der Waals surface area contributed by atoms with Gasteiger partial charge in [-0.05, 0) is 36.4 Å². The minimum atomic E-state index is -0.321. The Bertz CT molecular complexity index is 1040. The number of para-hydroxylation sites is 1. The average molecular weight is 352 g/mol. The van der Waals surface area contributed by atoms with E-state index in [0.29, 0.717) is 17.8 Å². The van der Waals surface area contributed by atoms with Crippen LogP contribution in [0.3, 0.4) is 0 Å². The summed E-state index contributed by atoms with van der Waals surface area (Å²) in [6.07, 6.45) is 3.58. The molecule has 4 rings (SSSR count). The molecule has 2 unspecified atom stereocenters. The fraction of sp³-hybridized carbons (Fsp3) is 0.136. The van der Waals surface area contributed by atoms with Crippen LogP contribution in [-0.2, 0) is 4.79 Å². The van der Waals surface area contributed by atoms with E-state index in [4.69, 9.17) is 5.26 Å². The van der Waals surface area contributed by atoms with Gasteiger partial charge in [-0.2, -0.15) is 10.5 Å². The Morgan fingerprint density at radius 3 is 2.48 bits per heavy atom. The summed E-state index contributed by atoms with van der Waals surface area (Å²) in [6.45, 7) is 4.46. The summed E-state index contributed by atoms with van der Waals surface area (Å²) in [4.78, 5) is 16.9. The van der Waals surface area contributed by atoms with Gasteiger partial charge in [0, 0.05) is 23.5 Å². The monoisotopic (exact) mass is 352 g/mol. The molecular formula is C22H16N4O. The van der Waals surface area contributed by atoms with Crippen LogP contribution in [0.5, 0.6) is 0 Å². The van der Waals surface area contributed by atoms with E-state index in [1.54, 1.807) is 35.2 Å². The second-order valence-corrected chi connectivity index (χ2v) is 6.46. The molecule has 0 spiro atoms. The molecule has 0 aromatic heterocycles. The van der Waals surface area contributed by atoms with Gasteiger partial charge in [0.1, 0.15) is 11.6 Å². The largest absolute Gasteiger partial charge is 0.359 e. The Kier molecular flexibility index (Phi) is 3.99. The highest BCUT2D eigenvalue weighted by atomic mass is 16.2. The van der Waals surface area contributed by atoms with Crippen molar-refractivity contribution in [1.29, 1.82) is 10.5 Å². The Morgan fingerprint density at radius 2 is 1.81 bits per heavy atom. The van der Waals surface area contributed by atoms with E-state index >= 15 is 0 Å². The molecule has 2 aromatic carbocycles. The third-order valence-electron chi connectivity index (χ3n) is 5.03. The predicted octanol–water partition coefficient (Wildman–Crippen LogP) is 3.47. The molecule has 0 aliphatic carbocycles. The highest BCUT2D eigenvalue weighted by molar-refractivity contribution is 6.10. The summed E-state index contributed by atoms with van der Waals surface area (Å²) < 4.78 is 0. The standard InChI is InChI=1S/C22H16N4O/c1-2-11-25-19-6-4-3-5-18(19)21-20(25)12-16(14-24)22(27)26(21)17-9-7-15(13-23)8-10-17/h2-10,12,20-21H,1,11H2. The van der Waals surface area contributed by atoms with Gasteiger partial charge in [0.25, 0.3) is 5.91 Å². The summed E-state index contributed by atoms with van der Waals surface area (Å²) in [6, 6.07) is 18.6. The van der Waals surface area contributed by atoms with Crippen LogP contribution < -0.4 is 9.80 Å². The smallest absolute Gasteiger partial charge is 0.269 e. The molecule has 0 saturated heterocycles. The first kappa shape index (κ1) is 16.6. The lowest BCUT2D eigenvalue weighted by Gasteiger charge is -2.38. The quantitative estimate of drug-likeness (QED) is 0.793. The summed E-state index contributed by atoms with van der Waals surface area (Å²) >= 11 is 0. The third-order valence-corrected chi connectivity index (χ3v) is 5.03. The zero-order valence-electron chi connectivity index (χ0n) is 14.5. The Morgan fingerprint density at radius 1 is 1.07 bits per heavy atom. The topological polar surface area (TPSA) is 71.1 Å². The van der Waals surface area contributed by atoms with Crippen molar-refractivity contribution in [3.05, 3.63) is 84.0 Å². The minimum absolute atomic E-state index is 0.127. The first-order valence-corrected chi connectivity index (χ1v) is 8.61. The van der Waals surface area contributed by atoms with Crippen molar-refractivity contribution in [1.82, 2.24) is 0 Å². The van der Waals surface area contributed by atoms with Gasteiger partial charge in [0.05, 0.1) is 23.7 Å². The van der Waals surface area contributed by atoms with Gasteiger partial charge < -0.3 is 4.90 Å². The van der Waals surface area contributed by atoms with E-state index in [9.17, 15) is 10.1 Å². The SMILES string of the molecule is C=CCN1c2ccccc2C2C1C=C(C#N)C(=O)N2c1ccc(C#N)cc1. The van der Waals surface area contributed by atoms with Gasteiger partial charge in [-0.1, -0.05) is 24.3 Å². The fourth-order valence-electron chi connectivity index (χ4n) is 3.90. The molecule has 0 N–H and O–H groups in total. The number of carbonyl (C=O) groups is 1. The number of anilines is 2. The molecule has 0 fully saturated rings. The van der Waals surface area contributed by atoms with Crippen LogP contribution in [0.15, 0.2) is 72.8 Å². The first-order valence-electron chi connectivity index (χ1n) is 8.61. The second-order valence-electron chi connectivity index (χ2n) is 6.46. The Labute approximate surface area is 157 Å². The molecule has 1 amide bonds. The van der Waals surface area contributed by atoms with Crippen molar-refractivity contribution < 1.29 is 4.79 Å². The number of hydrogen-bond donors (Lipinski definition) is 0. The van der Waals surface area contributed by atoms with Crippen LogP contribution in [0.25, 0.3) is 0 Å². The minimum Gasteiger partial charge on any atom is -0.359 e. The van der Waals surface area contributed by atoms with Gasteiger partial charge in [-0.15, -0.1) is 6.58 Å². The highest BCUT2D eigenvalue weighted by Crippen LogP contribution is 2.47. The summed E-state index contributed by atoms with van der Waals surface area (Å²) in [5.41, 5.74) is 3.40. The second kappa shape index (κ2) is 6.48. The van der Waals surface area contributed by atoms with Crippen molar-refractivity contribution in [2.75, 3.05) is 16.3 Å². The van der Waals surface area contributed by atoms with Crippen molar-refractivity contribution in [2.45, 2.75) is 12.1 Å². The molecule has 5 nitrogen and oxygen atoms in total. The van der Waals surface area contributed by atoms with Crippen molar-refractivity contribution in [3.8, 4) is 12.1 Å². The van der Waals surface area contributed by atoms with E-state index in [1.807, 2.05) is 36.4 Å². The third kappa shape index (κ3) is 2.49. The molecule has 2 aliphatic rings. The zero-order chi connectivity index (χ0) is 19.0. The highest BCUT2D eigenvalue weighted by Gasteiger charge is 2.46. The Hall–Kier alpha value is -3.83. The predicted molar refractivity (Wildman–Crippen MR) is 103 cm³/mol. The number of amides is 1. The number of carbonyl (C=O) groups excluding carboxylic acids is 1. The molecule has 2 aromatic rings. The molecule has 130 valence electrons. The van der Waals surface area contributed by atoms with E-state index < -0.39 is 0 Å². The van der Waals surface area contributed by atoms with Crippen LogP contribution in [0.4, 0.5) is 11.4 Å². The lowest BCUT2D eigenvalue weighted by Crippen LogP contribution is -2.47. The lowest BCUT2D eigenvalue weighted by atomic mass is 9.93. The van der Waals surface area contributed by atoms with Crippen LogP contribution in [0, 0.1) is 22.7 Å². The molecule has 27 heavy (non-hydrogen) atoms. The molecule has 2 atom stereocenters. The lowest BCUT2D eigenvalue weighted by molar-refractivity contribution is -0.115. The number of benzene rings is 2. The van der Waals surface area contributed by atoms with Crippen LogP contribution in [0.2, 0.25) is 0 Å². The molecule has 0 saturated carbocycles. The fourth-order valence-corrected chi connectivity index (χ4v) is 3.90. The number of rotatable bonds is 3. The van der Waals surface area contributed by atoms with E-state index in [0.717, 1.165) is 11.3 Å². The zero-order valence-corrected chi connectivity index (χ0v) is 14.5. The average Bonchev–Trinajstić information content (AvgIpc) is 3.01. The normalized spacial score (nSPS) is 20.2. The van der Waals surface area contributed by atoms with Crippen LogP contribution in [0.1, 0.15) is 17.2 Å². The molecule has 2 heterocycles. The molecule has 0 radical (unpaired) electrons. The van der Waals surface area contributed by atoms with E-state index in [-0.39, 0.29) is 23.6 Å². The maximum absolute atomic E-state index is 13.1. The summed E-state index contributed by atoms with van der Waals surface area (Å²) in [5.74, 6) is -0.321. The van der Waals surface area contributed by atoms with Gasteiger partial charge in [0.2, 0.25) is 0 Å². The van der Waals surface area contributed by atoms with Gasteiger partial charge in [0.15, 0.2) is 0 Å². The van der Waals surface area contributed by atoms with E-state index in [2.05, 4.69) is 17.5 Å².